The number of rotatable bonds is 11. The second-order valence-corrected chi connectivity index (χ2v) is 13.6. The Morgan fingerprint density at radius 3 is 2.35 bits per heavy atom. The van der Waals surface area contributed by atoms with Gasteiger partial charge in [-0.2, -0.15) is 0 Å². The maximum Gasteiger partial charge on any atom is 0.305 e. The second-order valence-electron chi connectivity index (χ2n) is 12.7. The van der Waals surface area contributed by atoms with Crippen LogP contribution in [0.5, 0.6) is 5.75 Å². The molecular weight excluding hydrogens is 627 g/mol. The lowest BCUT2D eigenvalue weighted by atomic mass is 9.70. The third kappa shape index (κ3) is 8.21. The molecule has 10 heteroatoms. The molecule has 46 heavy (non-hydrogen) atoms. The van der Waals surface area contributed by atoms with Crippen LogP contribution in [0.3, 0.4) is 0 Å². The zero-order valence-electron chi connectivity index (χ0n) is 26.3. The Balaban J connectivity index is 1.50. The molecule has 1 fully saturated rings. The van der Waals surface area contributed by atoms with Gasteiger partial charge >= 0.3 is 5.97 Å². The molecule has 0 aromatic heterocycles. The number of aliphatic carboxylic acids is 1. The molecule has 244 valence electrons. The summed E-state index contributed by atoms with van der Waals surface area (Å²) >= 11 is 12.6. The van der Waals surface area contributed by atoms with Crippen LogP contribution >= 0.6 is 23.2 Å². The smallest absolute Gasteiger partial charge is 0.305 e. The number of ether oxygens (including phenoxy) is 2. The number of benzene rings is 3. The van der Waals surface area contributed by atoms with E-state index in [9.17, 15) is 19.5 Å². The van der Waals surface area contributed by atoms with Crippen molar-refractivity contribution < 1.29 is 29.0 Å². The Bertz CT molecular complexity index is 1590. The molecule has 3 aromatic carbocycles. The van der Waals surface area contributed by atoms with Gasteiger partial charge in [-0.25, -0.2) is 0 Å². The monoisotopic (exact) mass is 666 g/mol. The standard InChI is InChI=1S/C36H40Cl2N2O6/c1-22(41)39-14-12-23-10-11-31-28(18-23)34-30(36(2,3)46-31)20-29(32(45-34)19-24-6-4-8-26(37)16-24)35(44)40(15-13-33(42)43)21-25-7-5-9-27(38)17-25/h4-11,16-18,29-30,32,34H,12-15,19-21H2,1-3H3,(H,39,41)(H,42,43)/t29?,30-,32-,34+/m1/s1. The van der Waals surface area contributed by atoms with Crippen molar-refractivity contribution in [2.75, 3.05) is 13.1 Å². The number of amides is 2. The number of nitrogens with zero attached hydrogens (tertiary/aromatic N) is 1. The summed E-state index contributed by atoms with van der Waals surface area (Å²) in [6.07, 6.45) is 0.549. The van der Waals surface area contributed by atoms with Gasteiger partial charge in [0.15, 0.2) is 0 Å². The molecule has 2 heterocycles. The minimum atomic E-state index is -0.980. The van der Waals surface area contributed by atoms with Crippen LogP contribution in [0, 0.1) is 11.8 Å². The molecule has 5 rings (SSSR count). The highest BCUT2D eigenvalue weighted by molar-refractivity contribution is 6.30. The molecule has 2 aliphatic rings. The van der Waals surface area contributed by atoms with Crippen LogP contribution in [0.4, 0.5) is 0 Å². The molecule has 2 aliphatic heterocycles. The van der Waals surface area contributed by atoms with Crippen molar-refractivity contribution in [3.05, 3.63) is 99.0 Å². The molecule has 0 saturated carbocycles. The summed E-state index contributed by atoms with van der Waals surface area (Å²) in [6, 6.07) is 20.8. The van der Waals surface area contributed by atoms with Crippen molar-refractivity contribution in [3.63, 3.8) is 0 Å². The average molecular weight is 668 g/mol. The Labute approximate surface area is 280 Å². The van der Waals surface area contributed by atoms with Gasteiger partial charge in [0.1, 0.15) is 11.4 Å². The maximum atomic E-state index is 14.5. The van der Waals surface area contributed by atoms with Crippen LogP contribution in [0.15, 0.2) is 66.7 Å². The van der Waals surface area contributed by atoms with Crippen molar-refractivity contribution in [3.8, 4) is 5.75 Å². The molecule has 8 nitrogen and oxygen atoms in total. The fraction of sp³-hybridized carbons (Fsp3) is 0.417. The average Bonchev–Trinajstić information content (AvgIpc) is 2.98. The highest BCUT2D eigenvalue weighted by atomic mass is 35.5. The van der Waals surface area contributed by atoms with Crippen LogP contribution in [-0.4, -0.2) is 52.6 Å². The van der Waals surface area contributed by atoms with Gasteiger partial charge in [-0.3, -0.25) is 14.4 Å². The van der Waals surface area contributed by atoms with E-state index in [-0.39, 0.29) is 43.3 Å². The van der Waals surface area contributed by atoms with Gasteiger partial charge in [-0.05, 0) is 86.2 Å². The van der Waals surface area contributed by atoms with Crippen LogP contribution < -0.4 is 10.1 Å². The molecule has 1 saturated heterocycles. The first-order chi connectivity index (χ1) is 21.9. The van der Waals surface area contributed by atoms with Crippen molar-refractivity contribution in [2.45, 2.75) is 70.8 Å². The molecule has 0 bridgehead atoms. The van der Waals surface area contributed by atoms with Gasteiger partial charge in [0.05, 0.1) is 24.5 Å². The first-order valence-electron chi connectivity index (χ1n) is 15.6. The lowest BCUT2D eigenvalue weighted by molar-refractivity contribution is -0.184. The molecule has 3 aromatic rings. The van der Waals surface area contributed by atoms with Crippen molar-refractivity contribution in [2.24, 2.45) is 11.8 Å². The zero-order valence-corrected chi connectivity index (χ0v) is 27.8. The van der Waals surface area contributed by atoms with Gasteiger partial charge in [0.2, 0.25) is 11.8 Å². The number of halogens is 2. The number of nitrogens with one attached hydrogen (secondary N) is 1. The highest BCUT2D eigenvalue weighted by Gasteiger charge is 2.52. The summed E-state index contributed by atoms with van der Waals surface area (Å²) in [5, 5.41) is 13.5. The zero-order chi connectivity index (χ0) is 33.0. The van der Waals surface area contributed by atoms with Gasteiger partial charge in [-0.15, -0.1) is 0 Å². The van der Waals surface area contributed by atoms with E-state index >= 15 is 0 Å². The number of carboxylic acid groups (broad SMARTS) is 1. The van der Waals surface area contributed by atoms with E-state index in [4.69, 9.17) is 32.7 Å². The minimum Gasteiger partial charge on any atom is -0.487 e. The second kappa shape index (κ2) is 14.4. The highest BCUT2D eigenvalue weighted by Crippen LogP contribution is 2.52. The van der Waals surface area contributed by atoms with Crippen LogP contribution in [0.2, 0.25) is 10.0 Å². The lowest BCUT2D eigenvalue weighted by Crippen LogP contribution is -2.54. The molecule has 0 aliphatic carbocycles. The Morgan fingerprint density at radius 1 is 0.978 bits per heavy atom. The van der Waals surface area contributed by atoms with Gasteiger partial charge < -0.3 is 24.8 Å². The van der Waals surface area contributed by atoms with E-state index in [0.29, 0.717) is 35.9 Å². The summed E-state index contributed by atoms with van der Waals surface area (Å²) in [5.41, 5.74) is 3.08. The van der Waals surface area contributed by atoms with Crippen LogP contribution in [0.25, 0.3) is 0 Å². The van der Waals surface area contributed by atoms with Crippen molar-refractivity contribution in [1.29, 1.82) is 0 Å². The maximum absolute atomic E-state index is 14.5. The molecule has 2 N–H and O–H groups in total. The summed E-state index contributed by atoms with van der Waals surface area (Å²) in [6.45, 7) is 6.33. The lowest BCUT2D eigenvalue weighted by Gasteiger charge is -2.51. The van der Waals surface area contributed by atoms with E-state index in [1.807, 2.05) is 62.4 Å². The fourth-order valence-corrected chi connectivity index (χ4v) is 7.04. The van der Waals surface area contributed by atoms with E-state index in [2.05, 4.69) is 11.4 Å². The third-order valence-electron chi connectivity index (χ3n) is 8.89. The first kappa shape index (κ1) is 33.8. The number of carboxylic acids is 1. The van der Waals surface area contributed by atoms with Crippen LogP contribution in [-0.2, 0) is 38.5 Å². The Hall–Kier alpha value is -3.59. The van der Waals surface area contributed by atoms with Gasteiger partial charge in [0.25, 0.3) is 0 Å². The molecule has 0 spiro atoms. The Kier molecular flexibility index (Phi) is 10.6. The van der Waals surface area contributed by atoms with Crippen molar-refractivity contribution in [1.82, 2.24) is 10.2 Å². The van der Waals surface area contributed by atoms with Crippen LogP contribution in [0.1, 0.15) is 62.0 Å². The number of carbonyl (C=O) groups excluding carboxylic acids is 2. The molecule has 1 unspecified atom stereocenters. The predicted molar refractivity (Wildman–Crippen MR) is 177 cm³/mol. The number of hydrogen-bond acceptors (Lipinski definition) is 5. The van der Waals surface area contributed by atoms with E-state index in [1.54, 1.807) is 17.0 Å². The topological polar surface area (TPSA) is 105 Å². The summed E-state index contributed by atoms with van der Waals surface area (Å²) in [5.74, 6) is -1.22. The summed E-state index contributed by atoms with van der Waals surface area (Å²) < 4.78 is 13.5. The van der Waals surface area contributed by atoms with E-state index < -0.39 is 23.6 Å². The van der Waals surface area contributed by atoms with Gasteiger partial charge in [-0.1, -0.05) is 53.5 Å². The molecule has 4 atom stereocenters. The first-order valence-corrected chi connectivity index (χ1v) is 16.4. The third-order valence-corrected chi connectivity index (χ3v) is 9.36. The predicted octanol–water partition coefficient (Wildman–Crippen LogP) is 6.65. The fourth-order valence-electron chi connectivity index (χ4n) is 6.61. The summed E-state index contributed by atoms with van der Waals surface area (Å²) in [7, 11) is 0. The van der Waals surface area contributed by atoms with E-state index in [1.165, 1.54) is 6.92 Å². The van der Waals surface area contributed by atoms with Crippen molar-refractivity contribution >= 4 is 41.0 Å². The normalized spacial score (nSPS) is 21.3. The quantitative estimate of drug-likeness (QED) is 0.237. The largest absolute Gasteiger partial charge is 0.487 e. The molecule has 2 amide bonds. The summed E-state index contributed by atoms with van der Waals surface area (Å²) in [4.78, 5) is 39.2. The number of fused-ring (bicyclic) bond motifs is 3. The molecular formula is C36H40Cl2N2O6. The van der Waals surface area contributed by atoms with Gasteiger partial charge in [0, 0.05) is 48.1 Å². The molecule has 0 radical (unpaired) electrons. The SMILES string of the molecule is CC(=O)NCCc1ccc2c(c1)[C@@H]1O[C@H](Cc3cccc(Cl)c3)C(C(=O)N(CCC(=O)O)Cc3cccc(Cl)c3)C[C@H]1C(C)(C)O2. The Morgan fingerprint density at radius 2 is 1.67 bits per heavy atom. The minimum absolute atomic E-state index is 0.0511. The number of hydrogen-bond donors (Lipinski definition) is 2. The number of carbonyl (C=O) groups is 3. The van der Waals surface area contributed by atoms with E-state index in [0.717, 1.165) is 28.0 Å².